The van der Waals surface area contributed by atoms with E-state index in [-0.39, 0.29) is 6.04 Å². The Morgan fingerprint density at radius 1 is 1.38 bits per heavy atom. The van der Waals surface area contributed by atoms with Gasteiger partial charge in [0.15, 0.2) is 0 Å². The van der Waals surface area contributed by atoms with Crippen molar-refractivity contribution < 1.29 is 4.42 Å². The molecule has 0 radical (unpaired) electrons. The largest absolute Gasteiger partial charge is 0.423 e. The van der Waals surface area contributed by atoms with Gasteiger partial charge in [-0.1, -0.05) is 6.07 Å². The molecular formula is C15H17N5O. The molecule has 1 N–H and O–H groups in total. The SMILES string of the molecule is CCn1cc(C(C)Nc2cccc(-c3nnco3)c2)cn1. The van der Waals surface area contributed by atoms with E-state index in [0.717, 1.165) is 23.4 Å². The van der Waals surface area contributed by atoms with Gasteiger partial charge in [-0.2, -0.15) is 5.10 Å². The number of rotatable bonds is 5. The lowest BCUT2D eigenvalue weighted by Gasteiger charge is -2.14. The minimum atomic E-state index is 0.170. The molecule has 6 nitrogen and oxygen atoms in total. The fourth-order valence-corrected chi connectivity index (χ4v) is 2.15. The Hall–Kier alpha value is -2.63. The molecule has 2 aromatic heterocycles. The highest BCUT2D eigenvalue weighted by atomic mass is 16.4. The summed E-state index contributed by atoms with van der Waals surface area (Å²) in [6.07, 6.45) is 5.28. The number of nitrogens with zero attached hydrogens (tertiary/aromatic N) is 4. The van der Waals surface area contributed by atoms with Crippen molar-refractivity contribution in [1.82, 2.24) is 20.0 Å². The van der Waals surface area contributed by atoms with Crippen LogP contribution in [-0.4, -0.2) is 20.0 Å². The lowest BCUT2D eigenvalue weighted by molar-refractivity contribution is 0.568. The first-order chi connectivity index (χ1) is 10.3. The van der Waals surface area contributed by atoms with E-state index in [1.165, 1.54) is 6.39 Å². The number of nitrogens with one attached hydrogen (secondary N) is 1. The first-order valence-corrected chi connectivity index (χ1v) is 6.91. The fraction of sp³-hybridized carbons (Fsp3) is 0.267. The van der Waals surface area contributed by atoms with Gasteiger partial charge in [-0.3, -0.25) is 4.68 Å². The predicted octanol–water partition coefficient (Wildman–Crippen LogP) is 3.13. The van der Waals surface area contributed by atoms with Gasteiger partial charge >= 0.3 is 0 Å². The maximum Gasteiger partial charge on any atom is 0.247 e. The van der Waals surface area contributed by atoms with E-state index in [1.54, 1.807) is 0 Å². The van der Waals surface area contributed by atoms with Crippen LogP contribution in [0.5, 0.6) is 0 Å². The van der Waals surface area contributed by atoms with Gasteiger partial charge in [0, 0.05) is 29.6 Å². The number of aryl methyl sites for hydroxylation is 1. The predicted molar refractivity (Wildman–Crippen MR) is 79.7 cm³/mol. The highest BCUT2D eigenvalue weighted by molar-refractivity contribution is 5.61. The second-order valence-corrected chi connectivity index (χ2v) is 4.82. The van der Waals surface area contributed by atoms with Crippen LogP contribution >= 0.6 is 0 Å². The van der Waals surface area contributed by atoms with Crippen LogP contribution in [0.1, 0.15) is 25.5 Å². The van der Waals surface area contributed by atoms with E-state index in [9.17, 15) is 0 Å². The lowest BCUT2D eigenvalue weighted by atomic mass is 10.1. The van der Waals surface area contributed by atoms with Gasteiger partial charge < -0.3 is 9.73 Å². The standard InChI is InChI=1S/C15H17N5O/c1-3-20-9-13(8-17-20)11(2)18-14-6-4-5-12(7-14)15-19-16-10-21-15/h4-11,18H,3H2,1-2H3. The molecule has 6 heteroatoms. The summed E-state index contributed by atoms with van der Waals surface area (Å²) in [5, 5.41) is 15.4. The van der Waals surface area contributed by atoms with Crippen molar-refractivity contribution in [3.05, 3.63) is 48.6 Å². The first-order valence-electron chi connectivity index (χ1n) is 6.91. The van der Waals surface area contributed by atoms with Crippen LogP contribution in [0.25, 0.3) is 11.5 Å². The molecule has 0 bridgehead atoms. The maximum absolute atomic E-state index is 5.22. The Kier molecular flexibility index (Phi) is 3.68. The summed E-state index contributed by atoms with van der Waals surface area (Å²) < 4.78 is 7.14. The monoisotopic (exact) mass is 283 g/mol. The number of aromatic nitrogens is 4. The second kappa shape index (κ2) is 5.78. The van der Waals surface area contributed by atoms with Crippen molar-refractivity contribution >= 4 is 5.69 Å². The van der Waals surface area contributed by atoms with Crippen LogP contribution in [0.3, 0.4) is 0 Å². The maximum atomic E-state index is 5.22. The molecule has 2 heterocycles. The van der Waals surface area contributed by atoms with Crippen LogP contribution in [0.2, 0.25) is 0 Å². The Morgan fingerprint density at radius 3 is 3.00 bits per heavy atom. The van der Waals surface area contributed by atoms with E-state index >= 15 is 0 Å². The van der Waals surface area contributed by atoms with Crippen molar-refractivity contribution in [1.29, 1.82) is 0 Å². The Balaban J connectivity index is 1.77. The molecule has 0 aliphatic heterocycles. The highest BCUT2D eigenvalue weighted by Gasteiger charge is 2.09. The fourth-order valence-electron chi connectivity index (χ4n) is 2.15. The quantitative estimate of drug-likeness (QED) is 0.779. The van der Waals surface area contributed by atoms with E-state index in [4.69, 9.17) is 4.42 Å². The van der Waals surface area contributed by atoms with E-state index in [0.29, 0.717) is 5.89 Å². The van der Waals surface area contributed by atoms with Gasteiger partial charge in [0.05, 0.1) is 12.2 Å². The molecule has 0 fully saturated rings. The third-order valence-electron chi connectivity index (χ3n) is 3.33. The number of benzene rings is 1. The summed E-state index contributed by atoms with van der Waals surface area (Å²) in [6, 6.07) is 8.08. The molecule has 3 aromatic rings. The van der Waals surface area contributed by atoms with Gasteiger partial charge in [0.1, 0.15) is 0 Å². The van der Waals surface area contributed by atoms with Crippen LogP contribution in [0, 0.1) is 0 Å². The van der Waals surface area contributed by atoms with Gasteiger partial charge in [-0.25, -0.2) is 0 Å². The Labute approximate surface area is 122 Å². The molecule has 108 valence electrons. The van der Waals surface area contributed by atoms with Crippen LogP contribution in [0.4, 0.5) is 5.69 Å². The summed E-state index contributed by atoms with van der Waals surface area (Å²) in [5.41, 5.74) is 3.05. The molecule has 0 spiro atoms. The van der Waals surface area contributed by atoms with Gasteiger partial charge in [0.2, 0.25) is 12.3 Å². The van der Waals surface area contributed by atoms with Crippen molar-refractivity contribution in [3.63, 3.8) is 0 Å². The molecule has 21 heavy (non-hydrogen) atoms. The number of hydrogen-bond acceptors (Lipinski definition) is 5. The minimum absolute atomic E-state index is 0.170. The van der Waals surface area contributed by atoms with Gasteiger partial charge in [-0.15, -0.1) is 10.2 Å². The summed E-state index contributed by atoms with van der Waals surface area (Å²) in [4.78, 5) is 0. The third-order valence-corrected chi connectivity index (χ3v) is 3.33. The van der Waals surface area contributed by atoms with E-state index < -0.39 is 0 Å². The van der Waals surface area contributed by atoms with Crippen LogP contribution < -0.4 is 5.32 Å². The van der Waals surface area contributed by atoms with Crippen molar-refractivity contribution in [2.75, 3.05) is 5.32 Å². The summed E-state index contributed by atoms with van der Waals surface area (Å²) >= 11 is 0. The van der Waals surface area contributed by atoms with Gasteiger partial charge in [-0.05, 0) is 32.0 Å². The summed E-state index contributed by atoms with van der Waals surface area (Å²) in [7, 11) is 0. The average molecular weight is 283 g/mol. The Bertz CT molecular complexity index is 704. The molecule has 0 aliphatic carbocycles. The zero-order valence-corrected chi connectivity index (χ0v) is 12.0. The molecule has 1 unspecified atom stereocenters. The van der Waals surface area contributed by atoms with E-state index in [1.807, 2.05) is 35.1 Å². The Morgan fingerprint density at radius 2 is 2.29 bits per heavy atom. The molecular weight excluding hydrogens is 266 g/mol. The highest BCUT2D eigenvalue weighted by Crippen LogP contribution is 2.23. The smallest absolute Gasteiger partial charge is 0.247 e. The van der Waals surface area contributed by atoms with Crippen molar-refractivity contribution in [2.24, 2.45) is 0 Å². The van der Waals surface area contributed by atoms with Gasteiger partial charge in [0.25, 0.3) is 0 Å². The van der Waals surface area contributed by atoms with Crippen molar-refractivity contribution in [3.8, 4) is 11.5 Å². The molecule has 3 rings (SSSR count). The summed E-state index contributed by atoms with van der Waals surface area (Å²) in [5.74, 6) is 0.519. The van der Waals surface area contributed by atoms with E-state index in [2.05, 4.69) is 40.7 Å². The first kappa shape index (κ1) is 13.4. The average Bonchev–Trinajstić information content (AvgIpc) is 3.19. The topological polar surface area (TPSA) is 68.8 Å². The summed E-state index contributed by atoms with van der Waals surface area (Å²) in [6.45, 7) is 5.05. The molecule has 0 saturated carbocycles. The zero-order chi connectivity index (χ0) is 14.7. The van der Waals surface area contributed by atoms with Crippen LogP contribution in [-0.2, 0) is 6.54 Å². The number of hydrogen-bond donors (Lipinski definition) is 1. The molecule has 1 aromatic carbocycles. The molecule has 0 saturated heterocycles. The minimum Gasteiger partial charge on any atom is -0.423 e. The molecule has 0 aliphatic rings. The lowest BCUT2D eigenvalue weighted by Crippen LogP contribution is -2.05. The van der Waals surface area contributed by atoms with Crippen LogP contribution in [0.15, 0.2) is 47.5 Å². The third kappa shape index (κ3) is 2.94. The number of anilines is 1. The normalized spacial score (nSPS) is 12.3. The second-order valence-electron chi connectivity index (χ2n) is 4.82. The van der Waals surface area contributed by atoms with Crippen molar-refractivity contribution in [2.45, 2.75) is 26.4 Å². The zero-order valence-electron chi connectivity index (χ0n) is 12.0. The molecule has 0 amide bonds. The molecule has 1 atom stereocenters.